The van der Waals surface area contributed by atoms with Crippen LogP contribution in [-0.2, 0) is 16.6 Å². The normalized spacial score (nSPS) is 36.9. The molecule has 2 saturated carbocycles. The van der Waals surface area contributed by atoms with E-state index in [0.717, 1.165) is 76.4 Å². The molecule has 1 aromatic carbocycles. The van der Waals surface area contributed by atoms with E-state index in [9.17, 15) is 9.90 Å². The highest BCUT2D eigenvalue weighted by Crippen LogP contribution is 2.61. The molecule has 5 aliphatic rings. The number of likely N-dealkylation sites (tertiary alicyclic amines) is 2. The van der Waals surface area contributed by atoms with Gasteiger partial charge in [0.05, 0.1) is 12.7 Å². The first-order valence-electron chi connectivity index (χ1n) is 13.0. The summed E-state index contributed by atoms with van der Waals surface area (Å²) < 4.78 is 5.61. The van der Waals surface area contributed by atoms with Gasteiger partial charge < -0.3 is 14.7 Å². The van der Waals surface area contributed by atoms with E-state index >= 15 is 0 Å². The quantitative estimate of drug-likeness (QED) is 0.782. The Kier molecular flexibility index (Phi) is 5.07. The van der Waals surface area contributed by atoms with E-state index in [0.29, 0.717) is 12.3 Å². The van der Waals surface area contributed by atoms with E-state index in [-0.39, 0.29) is 17.4 Å². The van der Waals surface area contributed by atoms with Gasteiger partial charge in [-0.25, -0.2) is 0 Å². The van der Waals surface area contributed by atoms with Crippen LogP contribution in [0.1, 0.15) is 68.9 Å². The number of carbonyl (C=O) groups is 1. The molecular weight excluding hydrogens is 400 g/mol. The minimum Gasteiger partial charge on any atom is -0.497 e. The van der Waals surface area contributed by atoms with Crippen molar-refractivity contribution in [2.75, 3.05) is 33.3 Å². The molecule has 174 valence electrons. The molecule has 1 N–H and O–H groups in total. The number of amides is 1. The third kappa shape index (κ3) is 3.14. The summed E-state index contributed by atoms with van der Waals surface area (Å²) in [6, 6.07) is 6.59. The molecule has 0 aromatic heterocycles. The van der Waals surface area contributed by atoms with Crippen molar-refractivity contribution >= 4 is 5.91 Å². The Labute approximate surface area is 192 Å². The van der Waals surface area contributed by atoms with Crippen LogP contribution in [0.25, 0.3) is 0 Å². The van der Waals surface area contributed by atoms with E-state index in [1.54, 1.807) is 7.11 Å². The van der Waals surface area contributed by atoms with Gasteiger partial charge in [0.2, 0.25) is 5.91 Å². The van der Waals surface area contributed by atoms with Crippen molar-refractivity contribution in [3.8, 4) is 5.75 Å². The average Bonchev–Trinajstić information content (AvgIpc) is 3.58. The minimum atomic E-state index is -0.839. The van der Waals surface area contributed by atoms with E-state index in [4.69, 9.17) is 4.74 Å². The van der Waals surface area contributed by atoms with Crippen LogP contribution in [0, 0.1) is 11.8 Å². The smallest absolute Gasteiger partial charge is 0.225 e. The minimum absolute atomic E-state index is 0.0707. The molecule has 0 unspecified atom stereocenters. The average molecular weight is 439 g/mol. The summed E-state index contributed by atoms with van der Waals surface area (Å²) in [4.78, 5) is 18.3. The van der Waals surface area contributed by atoms with Crippen molar-refractivity contribution in [3.05, 3.63) is 29.3 Å². The van der Waals surface area contributed by atoms with Crippen molar-refractivity contribution < 1.29 is 14.6 Å². The van der Waals surface area contributed by atoms with Gasteiger partial charge in [0.15, 0.2) is 0 Å². The van der Waals surface area contributed by atoms with Crippen LogP contribution >= 0.6 is 0 Å². The number of rotatable bonds is 4. The highest BCUT2D eigenvalue weighted by Gasteiger charge is 2.67. The maximum absolute atomic E-state index is 13.6. The summed E-state index contributed by atoms with van der Waals surface area (Å²) in [6.07, 6.45) is 10.5. The predicted octanol–water partition coefficient (Wildman–Crippen LogP) is 3.52. The number of nitrogens with zero attached hydrogens (tertiary/aromatic N) is 2. The van der Waals surface area contributed by atoms with Crippen LogP contribution in [0.5, 0.6) is 5.75 Å². The fraction of sp³-hybridized carbons (Fsp3) is 0.741. The molecule has 2 bridgehead atoms. The van der Waals surface area contributed by atoms with Crippen LogP contribution in [-0.4, -0.2) is 65.7 Å². The lowest BCUT2D eigenvalue weighted by Crippen LogP contribution is -2.63. The molecule has 1 amide bonds. The lowest BCUT2D eigenvalue weighted by Gasteiger charge is -2.53. The predicted molar refractivity (Wildman–Crippen MR) is 124 cm³/mol. The molecule has 1 aromatic rings. The van der Waals surface area contributed by atoms with Gasteiger partial charge in [-0.2, -0.15) is 0 Å². The molecule has 32 heavy (non-hydrogen) atoms. The maximum Gasteiger partial charge on any atom is 0.225 e. The molecule has 2 aliphatic heterocycles. The summed E-state index contributed by atoms with van der Waals surface area (Å²) in [7, 11) is 1.72. The molecule has 4 atom stereocenters. The van der Waals surface area contributed by atoms with Crippen molar-refractivity contribution in [1.82, 2.24) is 9.80 Å². The van der Waals surface area contributed by atoms with E-state index in [1.807, 2.05) is 0 Å². The maximum atomic E-state index is 13.6. The van der Waals surface area contributed by atoms with Gasteiger partial charge in [0, 0.05) is 37.0 Å². The monoisotopic (exact) mass is 438 g/mol. The number of hydrogen-bond donors (Lipinski definition) is 1. The number of methoxy groups -OCH3 is 1. The summed E-state index contributed by atoms with van der Waals surface area (Å²) in [5, 5.41) is 12.6. The van der Waals surface area contributed by atoms with Gasteiger partial charge in [-0.3, -0.25) is 9.69 Å². The van der Waals surface area contributed by atoms with Gasteiger partial charge in [-0.1, -0.05) is 6.07 Å². The van der Waals surface area contributed by atoms with E-state index < -0.39 is 5.60 Å². The molecule has 0 radical (unpaired) electrons. The second-order valence-corrected chi connectivity index (χ2v) is 11.3. The molecule has 3 aliphatic carbocycles. The first kappa shape index (κ1) is 21.0. The third-order valence-electron chi connectivity index (χ3n) is 9.47. The Balaban J connectivity index is 1.42. The fourth-order valence-corrected chi connectivity index (χ4v) is 7.74. The summed E-state index contributed by atoms with van der Waals surface area (Å²) in [6.45, 7) is 3.96. The molecule has 6 rings (SSSR count). The molecule has 4 fully saturated rings. The van der Waals surface area contributed by atoms with Gasteiger partial charge in [0.25, 0.3) is 0 Å². The highest BCUT2D eigenvalue weighted by atomic mass is 16.5. The van der Waals surface area contributed by atoms with Crippen LogP contribution in [0.15, 0.2) is 18.2 Å². The Bertz CT molecular complexity index is 893. The summed E-state index contributed by atoms with van der Waals surface area (Å²) >= 11 is 0. The number of carbonyl (C=O) groups excluding carboxylic acids is 1. The van der Waals surface area contributed by atoms with Crippen LogP contribution < -0.4 is 4.74 Å². The Morgan fingerprint density at radius 2 is 1.94 bits per heavy atom. The van der Waals surface area contributed by atoms with Crippen LogP contribution in [0.2, 0.25) is 0 Å². The zero-order valence-electron chi connectivity index (χ0n) is 19.5. The van der Waals surface area contributed by atoms with E-state index in [2.05, 4.69) is 28.0 Å². The lowest BCUT2D eigenvalue weighted by molar-refractivity contribution is -0.137. The number of piperidine rings is 1. The second-order valence-electron chi connectivity index (χ2n) is 11.3. The molecule has 2 heterocycles. The number of benzene rings is 1. The fourth-order valence-electron chi connectivity index (χ4n) is 7.74. The zero-order valence-corrected chi connectivity index (χ0v) is 19.5. The highest BCUT2D eigenvalue weighted by molar-refractivity contribution is 5.80. The summed E-state index contributed by atoms with van der Waals surface area (Å²) in [5.41, 5.74) is 1.44. The van der Waals surface area contributed by atoms with Gasteiger partial charge >= 0.3 is 0 Å². The first-order valence-corrected chi connectivity index (χ1v) is 13.0. The standard InChI is InChI=1S/C27H38N2O3/c1-32-22-9-8-20-14-24-27(31)17-21(25(30)28-11-3-2-4-12-28)16-26(27,23(20)15-22)10-5-13-29(24)18-19-6-7-19/h8-9,15,19,21,24,31H,2-7,10-14,16-18H2,1H3/t21-,24-,26-,27-/m1/s1. The zero-order chi connectivity index (χ0) is 21.9. The van der Waals surface area contributed by atoms with E-state index in [1.165, 1.54) is 30.4 Å². The third-order valence-corrected chi connectivity index (χ3v) is 9.47. The Morgan fingerprint density at radius 3 is 2.69 bits per heavy atom. The summed E-state index contributed by atoms with van der Waals surface area (Å²) in [5.74, 6) is 1.89. The Hall–Kier alpha value is -1.59. The molecule has 5 heteroatoms. The van der Waals surface area contributed by atoms with Crippen molar-refractivity contribution in [1.29, 1.82) is 0 Å². The number of ether oxygens (including phenoxy) is 1. The SMILES string of the molecule is COc1ccc2c(c1)[C@]13CCCN(CC4CC4)[C@H](C2)[C@]1(O)C[C@H](C(=O)N1CCCCC1)C3. The van der Waals surface area contributed by atoms with Crippen molar-refractivity contribution in [2.45, 2.75) is 81.3 Å². The van der Waals surface area contributed by atoms with Gasteiger partial charge in [0.1, 0.15) is 5.75 Å². The largest absolute Gasteiger partial charge is 0.497 e. The van der Waals surface area contributed by atoms with Crippen LogP contribution in [0.4, 0.5) is 0 Å². The topological polar surface area (TPSA) is 53.0 Å². The molecule has 0 spiro atoms. The lowest BCUT2D eigenvalue weighted by atomic mass is 9.58. The number of hydrogen-bond acceptors (Lipinski definition) is 4. The van der Waals surface area contributed by atoms with Crippen molar-refractivity contribution in [3.63, 3.8) is 0 Å². The van der Waals surface area contributed by atoms with Crippen LogP contribution in [0.3, 0.4) is 0 Å². The van der Waals surface area contributed by atoms with Gasteiger partial charge in [-0.05, 0) is 99.9 Å². The first-order chi connectivity index (χ1) is 15.5. The molecular formula is C27H38N2O3. The number of aliphatic hydroxyl groups is 1. The van der Waals surface area contributed by atoms with Crippen molar-refractivity contribution in [2.24, 2.45) is 11.8 Å². The van der Waals surface area contributed by atoms with Gasteiger partial charge in [-0.15, -0.1) is 0 Å². The molecule has 5 nitrogen and oxygen atoms in total. The Morgan fingerprint density at radius 1 is 1.12 bits per heavy atom. The number of fused-ring (bicyclic) bond motifs is 1. The molecule has 2 saturated heterocycles. The second kappa shape index (κ2) is 7.73.